The van der Waals surface area contributed by atoms with Crippen LogP contribution in [0.15, 0.2) is 29.4 Å². The van der Waals surface area contributed by atoms with Crippen molar-refractivity contribution in [1.29, 1.82) is 0 Å². The van der Waals surface area contributed by atoms with E-state index >= 15 is 0 Å². The van der Waals surface area contributed by atoms with Crippen LogP contribution in [-0.2, 0) is 9.47 Å². The zero-order valence-electron chi connectivity index (χ0n) is 14.1. The van der Waals surface area contributed by atoms with Crippen molar-refractivity contribution >= 4 is 5.71 Å². The highest BCUT2D eigenvalue weighted by atomic mass is 16.5. The highest BCUT2D eigenvalue weighted by molar-refractivity contribution is 6.08. The lowest BCUT2D eigenvalue weighted by atomic mass is 10.1. The molecule has 4 rings (SSSR count). The molecule has 0 aliphatic carbocycles. The number of aromatic nitrogens is 2. The van der Waals surface area contributed by atoms with Crippen LogP contribution < -0.4 is 5.32 Å². The first-order chi connectivity index (χ1) is 11.9. The molecular weight excluding hydrogens is 304 g/mol. The van der Waals surface area contributed by atoms with E-state index in [4.69, 9.17) is 14.5 Å². The van der Waals surface area contributed by atoms with Gasteiger partial charge in [-0.2, -0.15) is 5.10 Å². The lowest BCUT2D eigenvalue weighted by Gasteiger charge is -2.25. The molecule has 3 aliphatic heterocycles. The molecule has 2 unspecified atom stereocenters. The Labute approximate surface area is 142 Å². The molecule has 3 aliphatic rings. The molecule has 0 spiro atoms. The number of ether oxygens (including phenoxy) is 2. The maximum atomic E-state index is 6.00. The topological polar surface area (TPSA) is 60.7 Å². The van der Waals surface area contributed by atoms with Crippen molar-refractivity contribution in [1.82, 2.24) is 15.1 Å². The van der Waals surface area contributed by atoms with Gasteiger partial charge >= 0.3 is 0 Å². The second-order valence-electron chi connectivity index (χ2n) is 6.80. The first-order valence-corrected chi connectivity index (χ1v) is 9.10. The SMILES string of the molecule is C1=CC(OC[C@@H]2CCNC2)CN=C1c1ccnn1C1CCCCO1. The van der Waals surface area contributed by atoms with E-state index in [9.17, 15) is 0 Å². The molecule has 0 aromatic carbocycles. The van der Waals surface area contributed by atoms with Gasteiger partial charge in [0.05, 0.1) is 30.7 Å². The van der Waals surface area contributed by atoms with Crippen LogP contribution >= 0.6 is 0 Å². The summed E-state index contributed by atoms with van der Waals surface area (Å²) in [6, 6.07) is 2.02. The molecule has 3 atom stereocenters. The Balaban J connectivity index is 1.36. The van der Waals surface area contributed by atoms with Crippen molar-refractivity contribution in [3.63, 3.8) is 0 Å². The fourth-order valence-electron chi connectivity index (χ4n) is 3.55. The minimum Gasteiger partial charge on any atom is -0.372 e. The van der Waals surface area contributed by atoms with E-state index in [-0.39, 0.29) is 12.3 Å². The van der Waals surface area contributed by atoms with Gasteiger partial charge in [-0.1, -0.05) is 6.08 Å². The Morgan fingerprint density at radius 2 is 2.33 bits per heavy atom. The van der Waals surface area contributed by atoms with Crippen molar-refractivity contribution < 1.29 is 9.47 Å². The van der Waals surface area contributed by atoms with Crippen molar-refractivity contribution in [2.75, 3.05) is 32.8 Å². The highest BCUT2D eigenvalue weighted by Crippen LogP contribution is 2.24. The monoisotopic (exact) mass is 330 g/mol. The predicted molar refractivity (Wildman–Crippen MR) is 92.3 cm³/mol. The van der Waals surface area contributed by atoms with Crippen molar-refractivity contribution in [2.24, 2.45) is 10.9 Å². The normalized spacial score (nSPS) is 30.5. The van der Waals surface area contributed by atoms with Crippen LogP contribution in [0, 0.1) is 5.92 Å². The van der Waals surface area contributed by atoms with Crippen LogP contribution in [-0.4, -0.2) is 54.4 Å². The number of hydrogen-bond donors (Lipinski definition) is 1. The van der Waals surface area contributed by atoms with Crippen LogP contribution in [0.5, 0.6) is 0 Å². The van der Waals surface area contributed by atoms with Gasteiger partial charge in [-0.25, -0.2) is 4.68 Å². The second-order valence-corrected chi connectivity index (χ2v) is 6.80. The number of dihydropyridines is 1. The maximum Gasteiger partial charge on any atom is 0.150 e. The molecule has 0 amide bonds. The van der Waals surface area contributed by atoms with E-state index < -0.39 is 0 Å². The molecule has 130 valence electrons. The van der Waals surface area contributed by atoms with Gasteiger partial charge in [0, 0.05) is 19.3 Å². The quantitative estimate of drug-likeness (QED) is 0.896. The largest absolute Gasteiger partial charge is 0.372 e. The minimum atomic E-state index is 0.0451. The number of allylic oxidation sites excluding steroid dienone is 1. The van der Waals surface area contributed by atoms with Gasteiger partial charge in [0.15, 0.2) is 6.23 Å². The van der Waals surface area contributed by atoms with E-state index in [1.165, 1.54) is 12.8 Å². The lowest BCUT2D eigenvalue weighted by Crippen LogP contribution is -2.26. The van der Waals surface area contributed by atoms with Gasteiger partial charge in [-0.05, 0) is 50.3 Å². The fourth-order valence-corrected chi connectivity index (χ4v) is 3.55. The third-order valence-electron chi connectivity index (χ3n) is 4.98. The molecular formula is C18H26N4O2. The van der Waals surface area contributed by atoms with Crippen LogP contribution in [0.4, 0.5) is 0 Å². The maximum absolute atomic E-state index is 6.00. The van der Waals surface area contributed by atoms with Crippen molar-refractivity contribution in [3.05, 3.63) is 30.1 Å². The molecule has 1 aromatic heterocycles. The Morgan fingerprint density at radius 3 is 3.08 bits per heavy atom. The fraction of sp³-hybridized carbons (Fsp3) is 0.667. The van der Waals surface area contributed by atoms with Gasteiger partial charge in [-0.15, -0.1) is 0 Å². The second kappa shape index (κ2) is 7.59. The number of aliphatic imine (C=N–C) groups is 1. The zero-order valence-corrected chi connectivity index (χ0v) is 14.1. The van der Waals surface area contributed by atoms with Crippen LogP contribution in [0.1, 0.15) is 37.6 Å². The first kappa shape index (κ1) is 16.0. The summed E-state index contributed by atoms with van der Waals surface area (Å²) in [6.45, 7) is 4.51. The molecule has 2 saturated heterocycles. The predicted octanol–water partition coefficient (Wildman–Crippen LogP) is 1.94. The van der Waals surface area contributed by atoms with E-state index in [2.05, 4.69) is 22.6 Å². The number of nitrogens with one attached hydrogen (secondary N) is 1. The van der Waals surface area contributed by atoms with E-state index in [1.54, 1.807) is 0 Å². The van der Waals surface area contributed by atoms with Gasteiger partial charge in [-0.3, -0.25) is 4.99 Å². The Bertz CT molecular complexity index is 598. The summed E-state index contributed by atoms with van der Waals surface area (Å²) in [5.41, 5.74) is 2.01. The third kappa shape index (κ3) is 3.61. The van der Waals surface area contributed by atoms with Crippen molar-refractivity contribution in [3.8, 4) is 0 Å². The van der Waals surface area contributed by atoms with E-state index in [0.29, 0.717) is 12.5 Å². The summed E-state index contributed by atoms with van der Waals surface area (Å²) < 4.78 is 13.8. The minimum absolute atomic E-state index is 0.0451. The molecule has 0 saturated carbocycles. The van der Waals surface area contributed by atoms with E-state index in [0.717, 1.165) is 50.6 Å². The van der Waals surface area contributed by atoms with E-state index in [1.807, 2.05) is 16.9 Å². The van der Waals surface area contributed by atoms with Gasteiger partial charge in [0.1, 0.15) is 0 Å². The number of rotatable bonds is 5. The summed E-state index contributed by atoms with van der Waals surface area (Å²) in [6.07, 6.45) is 10.7. The first-order valence-electron chi connectivity index (χ1n) is 9.10. The molecule has 6 heteroatoms. The molecule has 0 radical (unpaired) electrons. The van der Waals surface area contributed by atoms with Crippen LogP contribution in [0.25, 0.3) is 0 Å². The van der Waals surface area contributed by atoms with Crippen molar-refractivity contribution in [2.45, 2.75) is 38.0 Å². The summed E-state index contributed by atoms with van der Waals surface area (Å²) in [5, 5.41) is 7.84. The van der Waals surface area contributed by atoms with Crippen LogP contribution in [0.3, 0.4) is 0 Å². The molecule has 1 aromatic rings. The Morgan fingerprint density at radius 1 is 1.33 bits per heavy atom. The Hall–Kier alpha value is -1.50. The molecule has 4 heterocycles. The standard InChI is InChI=1S/C18H26N4O2/c1-2-10-23-18(3-1)22-17(7-9-21-22)16-5-4-15(12-20-16)24-13-14-6-8-19-11-14/h4-5,7,9,14-15,18-19H,1-3,6,8,10-13H2/t14-,15?,18?/m1/s1. The van der Waals surface area contributed by atoms with Gasteiger partial charge < -0.3 is 14.8 Å². The van der Waals surface area contributed by atoms with Crippen LogP contribution in [0.2, 0.25) is 0 Å². The highest BCUT2D eigenvalue weighted by Gasteiger charge is 2.22. The average Bonchev–Trinajstić information content (AvgIpc) is 3.33. The molecule has 2 fully saturated rings. The molecule has 1 N–H and O–H groups in total. The average molecular weight is 330 g/mol. The number of nitrogens with zero attached hydrogens (tertiary/aromatic N) is 3. The third-order valence-corrected chi connectivity index (χ3v) is 4.98. The smallest absolute Gasteiger partial charge is 0.150 e. The summed E-state index contributed by atoms with van der Waals surface area (Å²) in [7, 11) is 0. The van der Waals surface area contributed by atoms with Gasteiger partial charge in [0.25, 0.3) is 0 Å². The molecule has 0 bridgehead atoms. The van der Waals surface area contributed by atoms with Gasteiger partial charge in [0.2, 0.25) is 0 Å². The lowest BCUT2D eigenvalue weighted by molar-refractivity contribution is -0.0397. The zero-order chi connectivity index (χ0) is 16.2. The summed E-state index contributed by atoms with van der Waals surface area (Å²) >= 11 is 0. The Kier molecular flexibility index (Phi) is 5.06. The summed E-state index contributed by atoms with van der Waals surface area (Å²) in [5.74, 6) is 0.647. The number of hydrogen-bond acceptors (Lipinski definition) is 5. The summed E-state index contributed by atoms with van der Waals surface area (Å²) in [4.78, 5) is 4.73. The molecule has 6 nitrogen and oxygen atoms in total. The molecule has 24 heavy (non-hydrogen) atoms.